The number of hydrogen-bond donors (Lipinski definition) is 13. The molecule has 0 unspecified atom stereocenters. The van der Waals surface area contributed by atoms with Gasteiger partial charge in [0.2, 0.25) is 11.8 Å². The van der Waals surface area contributed by atoms with Gasteiger partial charge in [-0.2, -0.15) is 0 Å². The fourth-order valence-corrected chi connectivity index (χ4v) is 6.20. The van der Waals surface area contributed by atoms with E-state index < -0.39 is 154 Å². The predicted molar refractivity (Wildman–Crippen MR) is 156 cm³/mol. The van der Waals surface area contributed by atoms with Crippen LogP contribution in [0.2, 0.25) is 0 Å². The Hall–Kier alpha value is -1.78. The van der Waals surface area contributed by atoms with Crippen molar-refractivity contribution in [1.82, 2.24) is 10.6 Å². The number of amides is 2. The highest BCUT2D eigenvalue weighted by molar-refractivity contribution is 5.73. The molecule has 20 atom stereocenters. The molecule has 22 nitrogen and oxygen atoms in total. The van der Waals surface area contributed by atoms with Crippen LogP contribution in [0.15, 0.2) is 0 Å². The molecule has 22 heteroatoms. The lowest BCUT2D eigenvalue weighted by atomic mass is 9.94. The average Bonchev–Trinajstić information content (AvgIpc) is 3.06. The third-order valence-corrected chi connectivity index (χ3v) is 8.95. The highest BCUT2D eigenvalue weighted by Crippen LogP contribution is 2.33. The van der Waals surface area contributed by atoms with E-state index in [1.54, 1.807) is 0 Å². The maximum absolute atomic E-state index is 12.3. The van der Waals surface area contributed by atoms with Crippen LogP contribution in [0.3, 0.4) is 0 Å². The summed E-state index contributed by atoms with van der Waals surface area (Å²) in [6, 6.07) is -3.09. The first-order valence-electron chi connectivity index (χ1n) is 15.9. The Bertz CT molecular complexity index is 1120. The molecule has 4 aliphatic heterocycles. The molecule has 0 aliphatic carbocycles. The maximum Gasteiger partial charge on any atom is 0.217 e. The average molecular weight is 733 g/mol. The molecule has 0 aromatic carbocycles. The summed E-state index contributed by atoms with van der Waals surface area (Å²) in [4.78, 5) is 24.1. The van der Waals surface area contributed by atoms with Gasteiger partial charge in [0, 0.05) is 13.8 Å². The molecule has 0 aromatic heterocycles. The van der Waals surface area contributed by atoms with E-state index in [2.05, 4.69) is 10.6 Å². The molecule has 290 valence electrons. The minimum absolute atomic E-state index is 0.630. The lowest BCUT2D eigenvalue weighted by Gasteiger charge is -2.49. The molecular formula is C28H48N2O20. The zero-order valence-corrected chi connectivity index (χ0v) is 27.3. The second-order valence-corrected chi connectivity index (χ2v) is 12.6. The fraction of sp³-hybridized carbons (Fsp3) is 0.929. The Morgan fingerprint density at radius 1 is 0.560 bits per heavy atom. The number of aliphatic hydroxyl groups excluding tert-OH is 11. The molecule has 13 N–H and O–H groups in total. The van der Waals surface area contributed by atoms with Gasteiger partial charge in [0.1, 0.15) is 91.4 Å². The molecular weight excluding hydrogens is 684 g/mol. The van der Waals surface area contributed by atoms with Gasteiger partial charge in [-0.15, -0.1) is 0 Å². The van der Waals surface area contributed by atoms with Gasteiger partial charge in [0.25, 0.3) is 0 Å². The molecule has 0 spiro atoms. The summed E-state index contributed by atoms with van der Waals surface area (Å²) in [5, 5.41) is 119. The van der Waals surface area contributed by atoms with Crippen molar-refractivity contribution in [3.63, 3.8) is 0 Å². The van der Waals surface area contributed by atoms with Crippen LogP contribution in [0, 0.1) is 0 Å². The van der Waals surface area contributed by atoms with Crippen molar-refractivity contribution in [1.29, 1.82) is 0 Å². The summed E-state index contributed by atoms with van der Waals surface area (Å²) >= 11 is 0. The van der Waals surface area contributed by atoms with Gasteiger partial charge in [-0.3, -0.25) is 9.59 Å². The molecule has 0 aromatic rings. The normalized spacial score (nSPS) is 48.5. The second-order valence-electron chi connectivity index (χ2n) is 12.6. The summed E-state index contributed by atoms with van der Waals surface area (Å²) < 4.78 is 39.5. The van der Waals surface area contributed by atoms with E-state index in [1.165, 1.54) is 6.92 Å². The van der Waals surface area contributed by atoms with Crippen LogP contribution in [-0.2, 0) is 42.7 Å². The van der Waals surface area contributed by atoms with E-state index in [1.807, 2.05) is 0 Å². The van der Waals surface area contributed by atoms with Gasteiger partial charge < -0.3 is 100.0 Å². The van der Waals surface area contributed by atoms with Crippen molar-refractivity contribution in [3.8, 4) is 0 Å². The minimum atomic E-state index is -1.90. The largest absolute Gasteiger partial charge is 0.394 e. The van der Waals surface area contributed by atoms with Crippen molar-refractivity contribution in [2.75, 3.05) is 19.8 Å². The van der Waals surface area contributed by atoms with Crippen LogP contribution in [0.25, 0.3) is 0 Å². The molecule has 4 rings (SSSR count). The van der Waals surface area contributed by atoms with E-state index >= 15 is 0 Å². The highest BCUT2D eigenvalue weighted by Gasteiger charge is 2.54. The van der Waals surface area contributed by atoms with Gasteiger partial charge in [-0.05, 0) is 6.92 Å². The standard InChI is InChI=1S/C28H48N2O20/c1-7-15(35)19(39)21(41)27(45-7)44-6-12-24(17(37)13(25(43)46-12)29-8(2)33)49-26-14(30-9(3)34)18(38)23(11(5-32)48-26)50-28-22(42)20(40)16(36)10(4-31)47-28/h7,10-28,31-32,35-43H,4-6H2,1-3H3,(H,29,33)(H,30,34)/t7-,10+,11+,12+,13+,14+,15+,16+,17+,18+,19+,20-,21-,22-,23+,24+,25+,26-,27+,28-/m0/s1. The van der Waals surface area contributed by atoms with E-state index in [4.69, 9.17) is 33.2 Å². The molecule has 4 saturated heterocycles. The lowest BCUT2D eigenvalue weighted by Crippen LogP contribution is -2.70. The first-order chi connectivity index (χ1) is 23.5. The van der Waals surface area contributed by atoms with Crippen LogP contribution in [0.1, 0.15) is 20.8 Å². The second kappa shape index (κ2) is 17.4. The van der Waals surface area contributed by atoms with Gasteiger partial charge in [-0.1, -0.05) is 0 Å². The minimum Gasteiger partial charge on any atom is -0.394 e. The Balaban J connectivity index is 1.58. The first-order valence-corrected chi connectivity index (χ1v) is 15.9. The highest BCUT2D eigenvalue weighted by atomic mass is 16.8. The number of ether oxygens (including phenoxy) is 7. The number of hydrogen-bond acceptors (Lipinski definition) is 20. The molecule has 4 heterocycles. The third-order valence-electron chi connectivity index (χ3n) is 8.95. The number of nitrogens with one attached hydrogen (secondary N) is 2. The number of aliphatic hydroxyl groups is 11. The molecule has 0 radical (unpaired) electrons. The summed E-state index contributed by atoms with van der Waals surface area (Å²) in [6.45, 7) is 1.27. The van der Waals surface area contributed by atoms with Crippen molar-refractivity contribution in [2.24, 2.45) is 0 Å². The third kappa shape index (κ3) is 8.87. The Morgan fingerprint density at radius 3 is 1.66 bits per heavy atom. The summed E-state index contributed by atoms with van der Waals surface area (Å²) in [6.07, 6.45) is -29.6. The summed E-state index contributed by atoms with van der Waals surface area (Å²) in [5.41, 5.74) is 0. The zero-order chi connectivity index (χ0) is 37.2. The number of carbonyl (C=O) groups is 2. The Kier molecular flexibility index (Phi) is 14.2. The molecule has 0 bridgehead atoms. The van der Waals surface area contributed by atoms with Crippen molar-refractivity contribution < 1.29 is 98.9 Å². The Morgan fingerprint density at radius 2 is 1.06 bits per heavy atom. The summed E-state index contributed by atoms with van der Waals surface area (Å²) in [5.74, 6) is -1.41. The maximum atomic E-state index is 12.3. The smallest absolute Gasteiger partial charge is 0.217 e. The predicted octanol–water partition coefficient (Wildman–Crippen LogP) is -8.43. The lowest BCUT2D eigenvalue weighted by molar-refractivity contribution is -0.363. The van der Waals surface area contributed by atoms with Gasteiger partial charge in [0.05, 0.1) is 25.9 Å². The molecule has 50 heavy (non-hydrogen) atoms. The van der Waals surface area contributed by atoms with E-state index in [0.29, 0.717) is 0 Å². The first kappa shape index (κ1) is 41.0. The number of rotatable bonds is 11. The van der Waals surface area contributed by atoms with E-state index in [-0.39, 0.29) is 0 Å². The van der Waals surface area contributed by atoms with Gasteiger partial charge in [0.15, 0.2) is 25.2 Å². The Labute approximate surface area is 285 Å². The van der Waals surface area contributed by atoms with Crippen LogP contribution < -0.4 is 10.6 Å². The monoisotopic (exact) mass is 732 g/mol. The van der Waals surface area contributed by atoms with Crippen molar-refractivity contribution >= 4 is 11.8 Å². The van der Waals surface area contributed by atoms with Crippen LogP contribution in [0.4, 0.5) is 0 Å². The SMILES string of the molecule is CC(=O)N[C@@H]1[C@@H](O)[C@H](O[C@@H]2O[C@H](CO)[C@@H](O[C@@H]3O[C@H](CO)[C@@H](O)[C@H](O)[C@@H]3O)[C@H](O)[C@H]2NC(C)=O)[C@@H](CO[C@@H]2O[C@@H](C)[C@@H](O)[C@@H](O)[C@@H]2O)O[C@H]1O. The quantitative estimate of drug-likeness (QED) is 0.0938. The van der Waals surface area contributed by atoms with Gasteiger partial charge in [-0.25, -0.2) is 0 Å². The fourth-order valence-electron chi connectivity index (χ4n) is 6.20. The van der Waals surface area contributed by atoms with Crippen molar-refractivity contribution in [2.45, 2.75) is 143 Å². The molecule has 4 fully saturated rings. The van der Waals surface area contributed by atoms with Gasteiger partial charge >= 0.3 is 0 Å². The van der Waals surface area contributed by atoms with Crippen LogP contribution >= 0.6 is 0 Å². The zero-order valence-electron chi connectivity index (χ0n) is 27.3. The van der Waals surface area contributed by atoms with E-state index in [9.17, 15) is 65.8 Å². The van der Waals surface area contributed by atoms with E-state index in [0.717, 1.165) is 13.8 Å². The topological polar surface area (TPSA) is 345 Å². The van der Waals surface area contributed by atoms with Crippen LogP contribution in [0.5, 0.6) is 0 Å². The molecule has 0 saturated carbocycles. The van der Waals surface area contributed by atoms with Crippen LogP contribution in [-0.4, -0.2) is 211 Å². The summed E-state index contributed by atoms with van der Waals surface area (Å²) in [7, 11) is 0. The number of carbonyl (C=O) groups excluding carboxylic acids is 2. The molecule has 4 aliphatic rings. The molecule has 2 amide bonds. The van der Waals surface area contributed by atoms with Crippen molar-refractivity contribution in [3.05, 3.63) is 0 Å².